The van der Waals surface area contributed by atoms with E-state index in [9.17, 15) is 9.90 Å². The molecule has 94 valence electrons. The Labute approximate surface area is 111 Å². The van der Waals surface area contributed by atoms with Crippen molar-refractivity contribution in [1.29, 1.82) is 0 Å². The van der Waals surface area contributed by atoms with Crippen LogP contribution in [-0.2, 0) is 11.3 Å². The fourth-order valence-electron chi connectivity index (χ4n) is 1.92. The normalized spacial score (nSPS) is 12.7. The van der Waals surface area contributed by atoms with Gasteiger partial charge in [-0.3, -0.25) is 0 Å². The molecular weight excluding hydrogens is 282 g/mol. The average Bonchev–Trinajstić information content (AvgIpc) is 2.14. The number of hydrogen-bond acceptors (Lipinski definition) is 2. The van der Waals surface area contributed by atoms with Gasteiger partial charge in [0.05, 0.1) is 12.5 Å². The third-order valence-electron chi connectivity index (χ3n) is 2.43. The van der Waals surface area contributed by atoms with Gasteiger partial charge in [-0.25, -0.2) is 0 Å². The fraction of sp³-hybridized carbons (Fsp3) is 0.462. The van der Waals surface area contributed by atoms with Crippen molar-refractivity contribution >= 4 is 21.9 Å². The molecule has 0 heterocycles. The van der Waals surface area contributed by atoms with E-state index < -0.39 is 5.97 Å². The molecule has 0 aliphatic heterocycles. The molecule has 3 nitrogen and oxygen atoms in total. The van der Waals surface area contributed by atoms with Crippen molar-refractivity contribution < 1.29 is 14.8 Å². The van der Waals surface area contributed by atoms with Gasteiger partial charge in [0, 0.05) is 16.0 Å². The van der Waals surface area contributed by atoms with Gasteiger partial charge in [0.1, 0.15) is 13.1 Å². The largest absolute Gasteiger partial charge is 0.544 e. The molecule has 17 heavy (non-hydrogen) atoms. The molecule has 0 spiro atoms. The maximum absolute atomic E-state index is 10.7. The van der Waals surface area contributed by atoms with Crippen LogP contribution in [0.15, 0.2) is 28.7 Å². The van der Waals surface area contributed by atoms with Crippen LogP contribution in [-0.4, -0.2) is 19.1 Å². The van der Waals surface area contributed by atoms with Gasteiger partial charge in [0.2, 0.25) is 0 Å². The van der Waals surface area contributed by atoms with E-state index in [1.807, 2.05) is 24.3 Å². The number of carbonyl (C=O) groups excluding carboxylic acids is 1. The van der Waals surface area contributed by atoms with Gasteiger partial charge in [-0.1, -0.05) is 41.9 Å². The lowest BCUT2D eigenvalue weighted by Crippen LogP contribution is -3.12. The zero-order valence-corrected chi connectivity index (χ0v) is 11.8. The number of halogens is 1. The molecule has 0 aliphatic carbocycles. The molecule has 1 aromatic rings. The Morgan fingerprint density at radius 1 is 1.47 bits per heavy atom. The van der Waals surface area contributed by atoms with Crippen LogP contribution in [0.2, 0.25) is 0 Å². The van der Waals surface area contributed by atoms with E-state index >= 15 is 0 Å². The highest BCUT2D eigenvalue weighted by Crippen LogP contribution is 2.10. The number of hydrogen-bond donors (Lipinski definition) is 1. The average molecular weight is 300 g/mol. The first-order valence-electron chi connectivity index (χ1n) is 5.75. The molecule has 1 atom stereocenters. The minimum Gasteiger partial charge on any atom is -0.544 e. The van der Waals surface area contributed by atoms with Gasteiger partial charge in [-0.15, -0.1) is 0 Å². The first-order valence-corrected chi connectivity index (χ1v) is 6.54. The van der Waals surface area contributed by atoms with E-state index in [1.165, 1.54) is 0 Å². The Morgan fingerprint density at radius 3 is 2.71 bits per heavy atom. The van der Waals surface area contributed by atoms with Crippen molar-refractivity contribution in [2.24, 2.45) is 5.92 Å². The van der Waals surface area contributed by atoms with Crippen LogP contribution in [0.4, 0.5) is 0 Å². The van der Waals surface area contributed by atoms with Crippen molar-refractivity contribution in [3.8, 4) is 0 Å². The van der Waals surface area contributed by atoms with Gasteiger partial charge < -0.3 is 14.8 Å². The molecule has 0 aromatic heterocycles. The van der Waals surface area contributed by atoms with Crippen LogP contribution in [0.3, 0.4) is 0 Å². The summed E-state index contributed by atoms with van der Waals surface area (Å²) in [5.41, 5.74) is 1.14. The monoisotopic (exact) mass is 299 g/mol. The van der Waals surface area contributed by atoms with E-state index in [2.05, 4.69) is 29.8 Å². The molecule has 1 aromatic carbocycles. The summed E-state index contributed by atoms with van der Waals surface area (Å²) in [6, 6.07) is 7.96. The number of benzene rings is 1. The number of nitrogens with one attached hydrogen (secondary N) is 1. The number of carboxylic acids is 1. The summed E-state index contributed by atoms with van der Waals surface area (Å²) in [5.74, 6) is -0.521. The Morgan fingerprint density at radius 2 is 2.18 bits per heavy atom. The van der Waals surface area contributed by atoms with Crippen molar-refractivity contribution in [1.82, 2.24) is 0 Å². The summed E-state index contributed by atoms with van der Waals surface area (Å²) in [5, 5.41) is 10.7. The van der Waals surface area contributed by atoms with E-state index in [0.29, 0.717) is 12.5 Å². The predicted molar refractivity (Wildman–Crippen MR) is 68.4 cm³/mol. The van der Waals surface area contributed by atoms with Crippen LogP contribution in [0, 0.1) is 5.92 Å². The van der Waals surface area contributed by atoms with Gasteiger partial charge >= 0.3 is 0 Å². The van der Waals surface area contributed by atoms with Crippen LogP contribution in [0.5, 0.6) is 0 Å². The number of carbonyl (C=O) groups is 1. The molecule has 1 unspecified atom stereocenters. The molecule has 0 bridgehead atoms. The van der Waals surface area contributed by atoms with Gasteiger partial charge in [-0.2, -0.15) is 0 Å². The Bertz CT molecular complexity index is 379. The number of aliphatic carboxylic acids is 1. The molecule has 1 N–H and O–H groups in total. The summed E-state index contributed by atoms with van der Waals surface area (Å²) in [6.45, 7) is 5.79. The van der Waals surface area contributed by atoms with Gasteiger partial charge in [0.15, 0.2) is 0 Å². The van der Waals surface area contributed by atoms with Crippen molar-refractivity contribution in [3.63, 3.8) is 0 Å². The van der Waals surface area contributed by atoms with E-state index in [0.717, 1.165) is 21.5 Å². The predicted octanol–water partition coefficient (Wildman–Crippen LogP) is 0.240. The van der Waals surface area contributed by atoms with Crippen LogP contribution < -0.4 is 10.0 Å². The molecular formula is C13H18BrNO2. The highest BCUT2D eigenvalue weighted by molar-refractivity contribution is 9.10. The quantitative estimate of drug-likeness (QED) is 0.818. The number of rotatable bonds is 6. The molecule has 0 fully saturated rings. The molecule has 0 radical (unpaired) electrons. The molecule has 4 heteroatoms. The second-order valence-corrected chi connectivity index (χ2v) is 5.62. The highest BCUT2D eigenvalue weighted by Gasteiger charge is 2.12. The Balaban J connectivity index is 2.67. The summed E-state index contributed by atoms with van der Waals surface area (Å²) in [7, 11) is 0. The third-order valence-corrected chi connectivity index (χ3v) is 2.93. The SMILES string of the molecule is CC(C)C[NH+](CC(=O)[O-])Cc1cccc(Br)c1. The minimum atomic E-state index is -0.990. The topological polar surface area (TPSA) is 44.6 Å². The molecule has 0 saturated carbocycles. The maximum atomic E-state index is 10.7. The first kappa shape index (κ1) is 14.2. The minimum absolute atomic E-state index is 0.0602. The van der Waals surface area contributed by atoms with Crippen LogP contribution >= 0.6 is 15.9 Å². The summed E-state index contributed by atoms with van der Waals surface area (Å²) in [6.07, 6.45) is 0. The van der Waals surface area contributed by atoms with Crippen molar-refractivity contribution in [2.45, 2.75) is 20.4 Å². The van der Waals surface area contributed by atoms with E-state index in [1.54, 1.807) is 0 Å². The lowest BCUT2D eigenvalue weighted by atomic mass is 10.1. The molecule has 1 rings (SSSR count). The van der Waals surface area contributed by atoms with Crippen molar-refractivity contribution in [2.75, 3.05) is 13.1 Å². The Kier molecular flexibility index (Phi) is 5.65. The summed E-state index contributed by atoms with van der Waals surface area (Å²) < 4.78 is 1.02. The van der Waals surface area contributed by atoms with Gasteiger partial charge in [-0.05, 0) is 12.1 Å². The van der Waals surface area contributed by atoms with E-state index in [-0.39, 0.29) is 6.54 Å². The molecule has 0 aliphatic rings. The summed E-state index contributed by atoms with van der Waals surface area (Å²) in [4.78, 5) is 11.7. The first-order chi connectivity index (χ1) is 7.97. The van der Waals surface area contributed by atoms with Gasteiger partial charge in [0.25, 0.3) is 0 Å². The van der Waals surface area contributed by atoms with E-state index in [4.69, 9.17) is 0 Å². The third kappa shape index (κ3) is 5.84. The summed E-state index contributed by atoms with van der Waals surface area (Å²) >= 11 is 3.42. The van der Waals surface area contributed by atoms with Crippen LogP contribution in [0.25, 0.3) is 0 Å². The maximum Gasteiger partial charge on any atom is 0.118 e. The molecule has 0 amide bonds. The highest BCUT2D eigenvalue weighted by atomic mass is 79.9. The second kappa shape index (κ2) is 6.77. The number of quaternary nitrogens is 1. The Hall–Kier alpha value is -0.870. The van der Waals surface area contributed by atoms with Crippen LogP contribution in [0.1, 0.15) is 19.4 Å². The lowest BCUT2D eigenvalue weighted by Gasteiger charge is -2.21. The standard InChI is InChI=1S/C13H18BrNO2/c1-10(2)7-15(9-13(16)17)8-11-4-3-5-12(14)6-11/h3-6,10H,7-9H2,1-2H3,(H,16,17). The fourth-order valence-corrected chi connectivity index (χ4v) is 2.37. The lowest BCUT2D eigenvalue weighted by molar-refractivity contribution is -0.911. The zero-order chi connectivity index (χ0) is 12.8. The second-order valence-electron chi connectivity index (χ2n) is 4.70. The smallest absolute Gasteiger partial charge is 0.118 e. The molecule has 0 saturated heterocycles. The van der Waals surface area contributed by atoms with Crippen molar-refractivity contribution in [3.05, 3.63) is 34.3 Å². The number of carboxylic acid groups (broad SMARTS) is 1. The zero-order valence-electron chi connectivity index (χ0n) is 10.2.